The lowest BCUT2D eigenvalue weighted by molar-refractivity contribution is -0.0958. The molecule has 132 valence electrons. The van der Waals surface area contributed by atoms with Gasteiger partial charge in [0.25, 0.3) is 0 Å². The number of aliphatic hydroxyl groups excluding tert-OH is 2. The number of thioether (sulfide) groups is 1. The van der Waals surface area contributed by atoms with Gasteiger partial charge in [0.15, 0.2) is 11.7 Å². The first-order chi connectivity index (χ1) is 11.1. The number of methoxy groups -OCH3 is 1. The van der Waals surface area contributed by atoms with E-state index in [1.807, 2.05) is 4.90 Å². The van der Waals surface area contributed by atoms with Gasteiger partial charge >= 0.3 is 0 Å². The zero-order chi connectivity index (χ0) is 16.6. The van der Waals surface area contributed by atoms with E-state index in [4.69, 9.17) is 15.2 Å². The molecule has 7 N–H and O–H groups in total. The van der Waals surface area contributed by atoms with Crippen molar-refractivity contribution in [1.29, 1.82) is 0 Å². The van der Waals surface area contributed by atoms with Crippen LogP contribution in [0.3, 0.4) is 0 Å². The van der Waals surface area contributed by atoms with Crippen molar-refractivity contribution in [2.24, 2.45) is 5.73 Å². The summed E-state index contributed by atoms with van der Waals surface area (Å²) in [5, 5.41) is 29.5. The van der Waals surface area contributed by atoms with Gasteiger partial charge in [-0.05, 0) is 5.75 Å². The molecule has 0 aromatic heterocycles. The number of rotatable bonds is 5. The van der Waals surface area contributed by atoms with Crippen molar-refractivity contribution in [1.82, 2.24) is 20.9 Å². The first kappa shape index (κ1) is 17.1. The summed E-state index contributed by atoms with van der Waals surface area (Å²) in [5.74, 6) is 1.74. The zero-order valence-electron chi connectivity index (χ0n) is 13.2. The maximum Gasteiger partial charge on any atom is 0.163 e. The number of nitrogens with zero attached hydrogens (tertiary/aromatic N) is 1. The van der Waals surface area contributed by atoms with E-state index in [-0.39, 0.29) is 18.3 Å². The van der Waals surface area contributed by atoms with Crippen LogP contribution in [0, 0.1) is 0 Å². The molecule has 1 saturated heterocycles. The third-order valence-corrected chi connectivity index (χ3v) is 5.29. The molecule has 0 spiro atoms. The third kappa shape index (κ3) is 2.88. The van der Waals surface area contributed by atoms with E-state index in [1.165, 1.54) is 7.11 Å². The molecule has 6 unspecified atom stereocenters. The minimum Gasteiger partial charge on any atom is -0.394 e. The molecule has 0 amide bonds. The van der Waals surface area contributed by atoms with E-state index in [0.717, 1.165) is 17.3 Å². The molecular formula is C13H25N5O4S. The summed E-state index contributed by atoms with van der Waals surface area (Å²) in [6.45, 7) is 2.35. The Hall–Kier alpha value is -0.750. The van der Waals surface area contributed by atoms with Gasteiger partial charge in [0.1, 0.15) is 30.3 Å². The second kappa shape index (κ2) is 7.01. The molecule has 0 radical (unpaired) electrons. The predicted octanol–water partition coefficient (Wildman–Crippen LogP) is -2.37. The second-order valence-corrected chi connectivity index (χ2v) is 6.95. The fourth-order valence-corrected chi connectivity index (χ4v) is 4.10. The highest BCUT2D eigenvalue weighted by molar-refractivity contribution is 7.99. The Kier molecular flexibility index (Phi) is 5.21. The van der Waals surface area contributed by atoms with Crippen LogP contribution in [0.4, 0.5) is 0 Å². The first-order valence-electron chi connectivity index (χ1n) is 7.73. The van der Waals surface area contributed by atoms with Gasteiger partial charge in [0, 0.05) is 7.11 Å². The summed E-state index contributed by atoms with van der Waals surface area (Å²) < 4.78 is 11.3. The average molecular weight is 347 g/mol. The van der Waals surface area contributed by atoms with Gasteiger partial charge in [-0.15, -0.1) is 11.8 Å². The Morgan fingerprint density at radius 1 is 1.52 bits per heavy atom. The highest BCUT2D eigenvalue weighted by Crippen LogP contribution is 2.36. The quantitative estimate of drug-likeness (QED) is 0.321. The molecule has 3 rings (SSSR count). The van der Waals surface area contributed by atoms with Crippen molar-refractivity contribution in [2.45, 2.75) is 43.1 Å². The topological polar surface area (TPSA) is 124 Å². The molecule has 0 saturated carbocycles. The summed E-state index contributed by atoms with van der Waals surface area (Å²) in [7, 11) is 1.53. The number of hydrogen-bond donors (Lipinski definition) is 6. The van der Waals surface area contributed by atoms with Crippen molar-refractivity contribution in [2.75, 3.05) is 26.1 Å². The van der Waals surface area contributed by atoms with Crippen LogP contribution in [-0.2, 0) is 9.47 Å². The molecule has 9 nitrogen and oxygen atoms in total. The molecule has 0 aromatic carbocycles. The van der Waals surface area contributed by atoms with Crippen molar-refractivity contribution >= 4 is 11.8 Å². The van der Waals surface area contributed by atoms with E-state index in [1.54, 1.807) is 11.8 Å². The fourth-order valence-electron chi connectivity index (χ4n) is 3.19. The number of nitrogens with one attached hydrogen (secondary N) is 3. The van der Waals surface area contributed by atoms with E-state index in [9.17, 15) is 10.2 Å². The van der Waals surface area contributed by atoms with Gasteiger partial charge in [-0.2, -0.15) is 0 Å². The van der Waals surface area contributed by atoms with Gasteiger partial charge in [-0.25, -0.2) is 0 Å². The van der Waals surface area contributed by atoms with E-state index >= 15 is 0 Å². The maximum atomic E-state index is 10.3. The number of ether oxygens (including phenoxy) is 2. The Morgan fingerprint density at radius 3 is 2.96 bits per heavy atom. The zero-order valence-corrected chi connectivity index (χ0v) is 14.0. The van der Waals surface area contributed by atoms with Crippen LogP contribution in [-0.4, -0.2) is 77.5 Å². The number of aliphatic hydroxyl groups is 2. The summed E-state index contributed by atoms with van der Waals surface area (Å²) in [4.78, 5) is 2.01. The molecule has 0 bridgehead atoms. The average Bonchev–Trinajstić information content (AvgIpc) is 3.05. The molecule has 0 aromatic rings. The van der Waals surface area contributed by atoms with Crippen LogP contribution >= 0.6 is 11.8 Å². The van der Waals surface area contributed by atoms with Gasteiger partial charge in [0.05, 0.1) is 19.0 Å². The van der Waals surface area contributed by atoms with Crippen LogP contribution < -0.4 is 21.7 Å². The van der Waals surface area contributed by atoms with E-state index < -0.39 is 24.5 Å². The Bertz CT molecular complexity index is 468. The summed E-state index contributed by atoms with van der Waals surface area (Å²) in [6, 6.07) is 0. The summed E-state index contributed by atoms with van der Waals surface area (Å²) in [5.41, 5.74) is 6.89. The van der Waals surface area contributed by atoms with Crippen molar-refractivity contribution in [3.05, 3.63) is 11.5 Å². The molecule has 6 atom stereocenters. The van der Waals surface area contributed by atoms with Gasteiger partial charge in [-0.1, -0.05) is 6.92 Å². The second-order valence-electron chi connectivity index (χ2n) is 5.60. The molecular weight excluding hydrogens is 322 g/mol. The van der Waals surface area contributed by atoms with Crippen LogP contribution in [0.25, 0.3) is 0 Å². The van der Waals surface area contributed by atoms with Crippen molar-refractivity contribution in [3.63, 3.8) is 0 Å². The third-order valence-electron chi connectivity index (χ3n) is 4.30. The Labute approximate surface area is 139 Å². The Morgan fingerprint density at radius 2 is 2.30 bits per heavy atom. The Balaban J connectivity index is 1.90. The van der Waals surface area contributed by atoms with Gasteiger partial charge in [-0.3, -0.25) is 10.2 Å². The lowest BCUT2D eigenvalue weighted by atomic mass is 10.1. The van der Waals surface area contributed by atoms with E-state index in [2.05, 4.69) is 22.9 Å². The lowest BCUT2D eigenvalue weighted by Crippen LogP contribution is -2.53. The molecule has 1 fully saturated rings. The minimum atomic E-state index is -0.887. The van der Waals surface area contributed by atoms with Gasteiger partial charge < -0.3 is 36.1 Å². The van der Waals surface area contributed by atoms with E-state index in [0.29, 0.717) is 6.67 Å². The van der Waals surface area contributed by atoms with Crippen LogP contribution in [0.5, 0.6) is 0 Å². The highest BCUT2D eigenvalue weighted by Gasteiger charge is 2.51. The molecule has 10 heteroatoms. The van der Waals surface area contributed by atoms with Crippen molar-refractivity contribution in [3.8, 4) is 0 Å². The predicted molar refractivity (Wildman–Crippen MR) is 85.6 cm³/mol. The van der Waals surface area contributed by atoms with Crippen LogP contribution in [0.2, 0.25) is 0 Å². The molecule has 3 aliphatic rings. The standard InChI is InChI=1S/C13H25N5O4S/c1-3-23-13-17-7-10(14)15-5-16-11(7)18(13)12-9(21-2)8(20)6(4-19)22-12/h6,8-10,12-13,15-17,19-20H,3-5,14H2,1-2H3. The fraction of sp³-hybridized carbons (Fsp3) is 0.846. The molecule has 3 heterocycles. The highest BCUT2D eigenvalue weighted by atomic mass is 32.2. The monoisotopic (exact) mass is 347 g/mol. The molecule has 23 heavy (non-hydrogen) atoms. The molecule has 3 aliphatic heterocycles. The van der Waals surface area contributed by atoms with Crippen molar-refractivity contribution < 1.29 is 19.7 Å². The smallest absolute Gasteiger partial charge is 0.163 e. The first-order valence-corrected chi connectivity index (χ1v) is 8.77. The number of nitrogens with two attached hydrogens (primary N) is 1. The number of hydrogen-bond acceptors (Lipinski definition) is 10. The summed E-state index contributed by atoms with van der Waals surface area (Å²) in [6.07, 6.45) is -2.93. The normalized spacial score (nSPS) is 40.1. The molecule has 0 aliphatic carbocycles. The summed E-state index contributed by atoms with van der Waals surface area (Å²) >= 11 is 1.69. The largest absolute Gasteiger partial charge is 0.394 e. The van der Waals surface area contributed by atoms with Gasteiger partial charge in [0.2, 0.25) is 0 Å². The SMILES string of the molecule is CCSC1NC2=C(NCNC2N)N1C1OC(CO)C(O)C1OC. The lowest BCUT2D eigenvalue weighted by Gasteiger charge is -2.36. The maximum absolute atomic E-state index is 10.3. The van der Waals surface area contributed by atoms with Crippen LogP contribution in [0.15, 0.2) is 11.5 Å². The minimum absolute atomic E-state index is 0.0873. The van der Waals surface area contributed by atoms with Crippen LogP contribution in [0.1, 0.15) is 6.92 Å².